The third-order valence-electron chi connectivity index (χ3n) is 4.29. The highest BCUT2D eigenvalue weighted by atomic mass is 79.9. The van der Waals surface area contributed by atoms with Gasteiger partial charge in [-0.3, -0.25) is 9.59 Å². The van der Waals surface area contributed by atoms with Crippen molar-refractivity contribution < 1.29 is 14.3 Å². The molecule has 0 saturated carbocycles. The summed E-state index contributed by atoms with van der Waals surface area (Å²) in [7, 11) is 0. The number of ether oxygens (including phenoxy) is 1. The van der Waals surface area contributed by atoms with Crippen LogP contribution in [0.3, 0.4) is 0 Å². The molecule has 0 atom stereocenters. The Kier molecular flexibility index (Phi) is 5.93. The number of aryl methyl sites for hydroxylation is 1. The number of amides is 2. The van der Waals surface area contributed by atoms with E-state index in [2.05, 4.69) is 21.2 Å². The molecule has 1 aliphatic heterocycles. The van der Waals surface area contributed by atoms with Crippen molar-refractivity contribution in [2.24, 2.45) is 0 Å². The summed E-state index contributed by atoms with van der Waals surface area (Å²) in [6.07, 6.45) is 2.10. The van der Waals surface area contributed by atoms with Gasteiger partial charge in [0.1, 0.15) is 5.75 Å². The quantitative estimate of drug-likeness (QED) is 0.800. The zero-order valence-corrected chi connectivity index (χ0v) is 16.2. The average Bonchev–Trinajstić information content (AvgIpc) is 3.17. The summed E-state index contributed by atoms with van der Waals surface area (Å²) in [5.74, 6) is 0.385. The maximum atomic E-state index is 12.4. The first-order valence-electron chi connectivity index (χ1n) is 8.61. The average molecular weight is 417 g/mol. The molecule has 2 aromatic carbocycles. The summed E-state index contributed by atoms with van der Waals surface area (Å²) >= 11 is 3.43. The van der Waals surface area contributed by atoms with Crippen molar-refractivity contribution in [3.63, 3.8) is 0 Å². The topological polar surface area (TPSA) is 58.6 Å². The highest BCUT2D eigenvalue weighted by molar-refractivity contribution is 9.10. The molecule has 2 amide bonds. The second-order valence-corrected chi connectivity index (χ2v) is 7.18. The zero-order chi connectivity index (χ0) is 18.5. The van der Waals surface area contributed by atoms with Crippen LogP contribution in [0.5, 0.6) is 5.75 Å². The third-order valence-corrected chi connectivity index (χ3v) is 5.18. The monoisotopic (exact) mass is 416 g/mol. The molecule has 1 fully saturated rings. The number of nitrogens with zero attached hydrogens (tertiary/aromatic N) is 1. The number of anilines is 1. The van der Waals surface area contributed by atoms with Gasteiger partial charge in [-0.1, -0.05) is 22.0 Å². The van der Waals surface area contributed by atoms with E-state index in [4.69, 9.17) is 4.74 Å². The van der Waals surface area contributed by atoms with Crippen molar-refractivity contribution in [1.29, 1.82) is 0 Å². The molecule has 1 aliphatic rings. The molecule has 2 aromatic rings. The van der Waals surface area contributed by atoms with E-state index in [0.717, 1.165) is 36.0 Å². The molecular weight excluding hydrogens is 396 g/mol. The Balaban J connectivity index is 1.57. The standard InChI is InChI=1S/C20H21BrN2O3/c1-14-11-17(7-8-18(14)21)26-13-19(24)22-16-6-4-5-15(12-16)20(25)23-9-2-3-10-23/h4-8,11-12H,2-3,9-10,13H2,1H3,(H,22,24). The molecule has 26 heavy (non-hydrogen) atoms. The van der Waals surface area contributed by atoms with Gasteiger partial charge in [-0.15, -0.1) is 0 Å². The number of rotatable bonds is 5. The Morgan fingerprint density at radius 3 is 2.65 bits per heavy atom. The molecule has 1 N–H and O–H groups in total. The van der Waals surface area contributed by atoms with Crippen LogP contribution in [-0.4, -0.2) is 36.4 Å². The van der Waals surface area contributed by atoms with E-state index in [1.807, 2.05) is 24.0 Å². The maximum Gasteiger partial charge on any atom is 0.262 e. The molecule has 0 radical (unpaired) electrons. The van der Waals surface area contributed by atoms with Gasteiger partial charge in [-0.05, 0) is 61.7 Å². The second kappa shape index (κ2) is 8.36. The number of hydrogen-bond acceptors (Lipinski definition) is 3. The van der Waals surface area contributed by atoms with Crippen LogP contribution in [0.4, 0.5) is 5.69 Å². The van der Waals surface area contributed by atoms with E-state index in [1.54, 1.807) is 30.3 Å². The Labute approximate surface area is 161 Å². The number of nitrogens with one attached hydrogen (secondary N) is 1. The van der Waals surface area contributed by atoms with Crippen LogP contribution in [0.1, 0.15) is 28.8 Å². The van der Waals surface area contributed by atoms with Gasteiger partial charge in [0.15, 0.2) is 6.61 Å². The van der Waals surface area contributed by atoms with E-state index < -0.39 is 0 Å². The van der Waals surface area contributed by atoms with Crippen molar-refractivity contribution in [3.8, 4) is 5.75 Å². The van der Waals surface area contributed by atoms with Crippen molar-refractivity contribution in [3.05, 3.63) is 58.1 Å². The normalized spacial score (nSPS) is 13.5. The fourth-order valence-corrected chi connectivity index (χ4v) is 3.13. The molecule has 0 spiro atoms. The van der Waals surface area contributed by atoms with Gasteiger partial charge in [0, 0.05) is 28.8 Å². The first kappa shape index (κ1) is 18.5. The largest absolute Gasteiger partial charge is 0.484 e. The smallest absolute Gasteiger partial charge is 0.262 e. The lowest BCUT2D eigenvalue weighted by Crippen LogP contribution is -2.27. The first-order chi connectivity index (χ1) is 12.5. The van der Waals surface area contributed by atoms with Crippen molar-refractivity contribution in [2.75, 3.05) is 25.0 Å². The molecule has 0 aromatic heterocycles. The fraction of sp³-hybridized carbons (Fsp3) is 0.300. The molecule has 0 aliphatic carbocycles. The van der Waals surface area contributed by atoms with Gasteiger partial charge in [-0.25, -0.2) is 0 Å². The van der Waals surface area contributed by atoms with Crippen LogP contribution < -0.4 is 10.1 Å². The van der Waals surface area contributed by atoms with Gasteiger partial charge >= 0.3 is 0 Å². The Hall–Kier alpha value is -2.34. The lowest BCUT2D eigenvalue weighted by atomic mass is 10.1. The molecule has 3 rings (SSSR count). The van der Waals surface area contributed by atoms with E-state index in [9.17, 15) is 9.59 Å². The zero-order valence-electron chi connectivity index (χ0n) is 14.6. The first-order valence-corrected chi connectivity index (χ1v) is 9.40. The number of halogens is 1. The fourth-order valence-electron chi connectivity index (χ4n) is 2.89. The summed E-state index contributed by atoms with van der Waals surface area (Å²) in [6.45, 7) is 3.47. The Morgan fingerprint density at radius 2 is 1.92 bits per heavy atom. The highest BCUT2D eigenvalue weighted by Gasteiger charge is 2.19. The van der Waals surface area contributed by atoms with Crippen LogP contribution in [0.2, 0.25) is 0 Å². The third kappa shape index (κ3) is 4.64. The van der Waals surface area contributed by atoms with Gasteiger partial charge < -0.3 is 15.0 Å². The molecule has 0 unspecified atom stereocenters. The van der Waals surface area contributed by atoms with Crippen LogP contribution in [0, 0.1) is 6.92 Å². The molecule has 6 heteroatoms. The van der Waals surface area contributed by atoms with Gasteiger partial charge in [0.05, 0.1) is 0 Å². The molecule has 0 bridgehead atoms. The highest BCUT2D eigenvalue weighted by Crippen LogP contribution is 2.21. The summed E-state index contributed by atoms with van der Waals surface area (Å²) < 4.78 is 6.52. The lowest BCUT2D eigenvalue weighted by Gasteiger charge is -2.16. The maximum absolute atomic E-state index is 12.4. The van der Waals surface area contributed by atoms with Crippen LogP contribution in [-0.2, 0) is 4.79 Å². The number of carbonyl (C=O) groups is 2. The van der Waals surface area contributed by atoms with Gasteiger partial charge in [-0.2, -0.15) is 0 Å². The van der Waals surface area contributed by atoms with E-state index >= 15 is 0 Å². The number of carbonyl (C=O) groups excluding carboxylic acids is 2. The predicted octanol–water partition coefficient (Wildman–Crippen LogP) is 4.01. The van der Waals surface area contributed by atoms with Gasteiger partial charge in [0.25, 0.3) is 11.8 Å². The van der Waals surface area contributed by atoms with E-state index in [-0.39, 0.29) is 18.4 Å². The molecular formula is C20H21BrN2O3. The number of hydrogen-bond donors (Lipinski definition) is 1. The minimum absolute atomic E-state index is 0.0141. The van der Waals surface area contributed by atoms with Crippen LogP contribution in [0.25, 0.3) is 0 Å². The molecule has 5 nitrogen and oxygen atoms in total. The SMILES string of the molecule is Cc1cc(OCC(=O)Nc2cccc(C(=O)N3CCCC3)c2)ccc1Br. The molecule has 1 saturated heterocycles. The Bertz CT molecular complexity index is 816. The van der Waals surface area contributed by atoms with E-state index in [1.165, 1.54) is 0 Å². The predicted molar refractivity (Wildman–Crippen MR) is 105 cm³/mol. The summed E-state index contributed by atoms with van der Waals surface area (Å²) in [5, 5.41) is 2.78. The van der Waals surface area contributed by atoms with Crippen LogP contribution in [0.15, 0.2) is 46.9 Å². The van der Waals surface area contributed by atoms with Crippen molar-refractivity contribution in [1.82, 2.24) is 4.90 Å². The Morgan fingerprint density at radius 1 is 1.15 bits per heavy atom. The number of benzene rings is 2. The van der Waals surface area contributed by atoms with E-state index in [0.29, 0.717) is 17.0 Å². The number of likely N-dealkylation sites (tertiary alicyclic amines) is 1. The lowest BCUT2D eigenvalue weighted by molar-refractivity contribution is -0.118. The summed E-state index contributed by atoms with van der Waals surface area (Å²) in [6, 6.07) is 12.6. The van der Waals surface area contributed by atoms with Crippen molar-refractivity contribution >= 4 is 33.4 Å². The van der Waals surface area contributed by atoms with Crippen LogP contribution >= 0.6 is 15.9 Å². The second-order valence-electron chi connectivity index (χ2n) is 6.33. The van der Waals surface area contributed by atoms with Crippen molar-refractivity contribution in [2.45, 2.75) is 19.8 Å². The summed E-state index contributed by atoms with van der Waals surface area (Å²) in [5.41, 5.74) is 2.22. The minimum Gasteiger partial charge on any atom is -0.484 e. The minimum atomic E-state index is -0.267. The summed E-state index contributed by atoms with van der Waals surface area (Å²) in [4.78, 5) is 26.4. The van der Waals surface area contributed by atoms with Gasteiger partial charge in [0.2, 0.25) is 0 Å². The molecule has 1 heterocycles. The molecule has 136 valence electrons.